The third kappa shape index (κ3) is 2.93. The van der Waals surface area contributed by atoms with E-state index in [1.54, 1.807) is 35.9 Å². The van der Waals surface area contributed by atoms with Gasteiger partial charge in [0.25, 0.3) is 11.5 Å². The molecule has 0 aliphatic rings. The highest BCUT2D eigenvalue weighted by Crippen LogP contribution is 2.18. The van der Waals surface area contributed by atoms with E-state index in [0.717, 1.165) is 11.0 Å². The molecule has 1 amide bonds. The Labute approximate surface area is 140 Å². The number of amides is 1. The van der Waals surface area contributed by atoms with Crippen LogP contribution >= 0.6 is 0 Å². The highest BCUT2D eigenvalue weighted by molar-refractivity contribution is 5.94. The van der Waals surface area contributed by atoms with Crippen molar-refractivity contribution in [2.45, 2.75) is 19.9 Å². The Kier molecular flexibility index (Phi) is 4.16. The monoisotopic (exact) mass is 321 g/mol. The number of aromatic nitrogens is 2. The van der Waals surface area contributed by atoms with Crippen LogP contribution in [0.2, 0.25) is 0 Å². The van der Waals surface area contributed by atoms with Crippen molar-refractivity contribution >= 4 is 16.9 Å². The lowest BCUT2D eigenvalue weighted by Crippen LogP contribution is -2.30. The molecule has 0 atom stereocenters. The predicted octanol–water partition coefficient (Wildman–Crippen LogP) is 2.74. The van der Waals surface area contributed by atoms with Gasteiger partial charge in [-0.25, -0.2) is 4.98 Å². The van der Waals surface area contributed by atoms with E-state index in [1.165, 1.54) is 0 Å². The lowest BCUT2D eigenvalue weighted by atomic mass is 10.1. The third-order valence-electron chi connectivity index (χ3n) is 3.82. The topological polar surface area (TPSA) is 64.0 Å². The number of carbonyl (C=O) groups is 1. The summed E-state index contributed by atoms with van der Waals surface area (Å²) >= 11 is 0. The number of nitrogens with zero attached hydrogens (tertiary/aromatic N) is 2. The molecule has 0 bridgehead atoms. The van der Waals surface area contributed by atoms with E-state index in [0.29, 0.717) is 16.8 Å². The second kappa shape index (κ2) is 6.28. The van der Waals surface area contributed by atoms with E-state index in [-0.39, 0.29) is 17.5 Å². The van der Waals surface area contributed by atoms with E-state index < -0.39 is 0 Å². The molecule has 3 aromatic rings. The number of hydrogen-bond donors (Lipinski definition) is 1. The highest BCUT2D eigenvalue weighted by atomic mass is 16.1. The molecular weight excluding hydrogens is 302 g/mol. The van der Waals surface area contributed by atoms with Crippen molar-refractivity contribution in [3.8, 4) is 11.3 Å². The molecule has 1 heterocycles. The molecule has 3 rings (SSSR count). The average molecular weight is 321 g/mol. The highest BCUT2D eigenvalue weighted by Gasteiger charge is 2.12. The van der Waals surface area contributed by atoms with Crippen LogP contribution in [0.1, 0.15) is 24.2 Å². The average Bonchev–Trinajstić information content (AvgIpc) is 2.58. The van der Waals surface area contributed by atoms with Gasteiger partial charge in [-0.2, -0.15) is 0 Å². The fraction of sp³-hybridized carbons (Fsp3) is 0.211. The van der Waals surface area contributed by atoms with E-state index in [9.17, 15) is 9.59 Å². The molecule has 5 nitrogen and oxygen atoms in total. The standard InChI is InChI=1S/C19H19N3O2/c1-12(2)20-18(23)14-10-8-13(9-11-14)17-19(24)22(3)16-7-5-4-6-15(16)21-17/h4-12H,1-3H3,(H,20,23). The van der Waals surface area contributed by atoms with Crippen LogP contribution in [-0.2, 0) is 7.05 Å². The fourth-order valence-electron chi connectivity index (χ4n) is 2.59. The van der Waals surface area contributed by atoms with Crippen molar-refractivity contribution in [2.24, 2.45) is 7.05 Å². The Bertz CT molecular complexity index is 957. The number of para-hydroxylation sites is 2. The van der Waals surface area contributed by atoms with E-state index in [1.807, 2.05) is 38.1 Å². The summed E-state index contributed by atoms with van der Waals surface area (Å²) in [5.41, 5.74) is 3.03. The molecule has 0 fully saturated rings. The Morgan fingerprint density at radius 2 is 1.75 bits per heavy atom. The molecule has 0 spiro atoms. The van der Waals surface area contributed by atoms with Crippen LogP contribution in [0.4, 0.5) is 0 Å². The maximum Gasteiger partial charge on any atom is 0.277 e. The number of nitrogens with one attached hydrogen (secondary N) is 1. The number of carbonyl (C=O) groups excluding carboxylic acids is 1. The molecule has 0 saturated heterocycles. The number of rotatable bonds is 3. The summed E-state index contributed by atoms with van der Waals surface area (Å²) in [4.78, 5) is 29.1. The first-order chi connectivity index (χ1) is 11.5. The number of fused-ring (bicyclic) bond motifs is 1. The molecule has 0 radical (unpaired) electrons. The maximum absolute atomic E-state index is 12.6. The molecule has 1 N–H and O–H groups in total. The maximum atomic E-state index is 12.6. The second-order valence-corrected chi connectivity index (χ2v) is 6.02. The van der Waals surface area contributed by atoms with Crippen molar-refractivity contribution < 1.29 is 4.79 Å². The van der Waals surface area contributed by atoms with Gasteiger partial charge in [0.1, 0.15) is 5.69 Å². The number of benzene rings is 2. The normalized spacial score (nSPS) is 11.0. The molecule has 2 aromatic carbocycles. The van der Waals surface area contributed by atoms with Crippen LogP contribution in [0, 0.1) is 0 Å². The molecule has 0 saturated carbocycles. The van der Waals surface area contributed by atoms with Crippen molar-refractivity contribution in [1.82, 2.24) is 14.9 Å². The lowest BCUT2D eigenvalue weighted by molar-refractivity contribution is 0.0943. The molecule has 5 heteroatoms. The summed E-state index contributed by atoms with van der Waals surface area (Å²) in [6, 6.07) is 14.5. The first-order valence-corrected chi connectivity index (χ1v) is 7.84. The minimum absolute atomic E-state index is 0.0756. The Morgan fingerprint density at radius 1 is 1.08 bits per heavy atom. The molecule has 1 aromatic heterocycles. The summed E-state index contributed by atoms with van der Waals surface area (Å²) in [6.07, 6.45) is 0. The third-order valence-corrected chi connectivity index (χ3v) is 3.82. The number of aryl methyl sites for hydroxylation is 1. The van der Waals surface area contributed by atoms with Crippen LogP contribution in [0.15, 0.2) is 53.3 Å². The van der Waals surface area contributed by atoms with Gasteiger partial charge in [0, 0.05) is 24.2 Å². The largest absolute Gasteiger partial charge is 0.350 e. The van der Waals surface area contributed by atoms with Crippen molar-refractivity contribution in [2.75, 3.05) is 0 Å². The minimum Gasteiger partial charge on any atom is -0.350 e. The predicted molar refractivity (Wildman–Crippen MR) is 95.0 cm³/mol. The quantitative estimate of drug-likeness (QED) is 0.807. The van der Waals surface area contributed by atoms with Gasteiger partial charge in [-0.05, 0) is 38.1 Å². The van der Waals surface area contributed by atoms with Gasteiger partial charge >= 0.3 is 0 Å². The van der Waals surface area contributed by atoms with Gasteiger partial charge in [0.05, 0.1) is 11.0 Å². The van der Waals surface area contributed by atoms with Gasteiger partial charge in [-0.1, -0.05) is 24.3 Å². The van der Waals surface area contributed by atoms with Gasteiger partial charge in [0.2, 0.25) is 0 Å². The minimum atomic E-state index is -0.159. The van der Waals surface area contributed by atoms with Crippen LogP contribution in [0.5, 0.6) is 0 Å². The summed E-state index contributed by atoms with van der Waals surface area (Å²) in [7, 11) is 1.74. The molecular formula is C19H19N3O2. The summed E-state index contributed by atoms with van der Waals surface area (Å²) in [6.45, 7) is 3.82. The fourth-order valence-corrected chi connectivity index (χ4v) is 2.59. The summed E-state index contributed by atoms with van der Waals surface area (Å²) < 4.78 is 1.59. The van der Waals surface area contributed by atoms with Gasteiger partial charge in [-0.3, -0.25) is 9.59 Å². The second-order valence-electron chi connectivity index (χ2n) is 6.02. The molecule has 122 valence electrons. The smallest absolute Gasteiger partial charge is 0.277 e. The van der Waals surface area contributed by atoms with Crippen molar-refractivity contribution in [3.63, 3.8) is 0 Å². The zero-order chi connectivity index (χ0) is 17.3. The van der Waals surface area contributed by atoms with Crippen molar-refractivity contribution in [3.05, 3.63) is 64.4 Å². The first kappa shape index (κ1) is 15.9. The molecule has 0 aliphatic heterocycles. The van der Waals surface area contributed by atoms with Gasteiger partial charge in [-0.15, -0.1) is 0 Å². The van der Waals surface area contributed by atoms with Gasteiger partial charge < -0.3 is 9.88 Å². The van der Waals surface area contributed by atoms with Crippen LogP contribution in [-0.4, -0.2) is 21.5 Å². The van der Waals surface area contributed by atoms with E-state index in [2.05, 4.69) is 10.3 Å². The van der Waals surface area contributed by atoms with Crippen LogP contribution in [0.25, 0.3) is 22.3 Å². The number of hydrogen-bond acceptors (Lipinski definition) is 3. The van der Waals surface area contributed by atoms with Gasteiger partial charge in [0.15, 0.2) is 0 Å². The summed E-state index contributed by atoms with van der Waals surface area (Å²) in [5.74, 6) is -0.129. The van der Waals surface area contributed by atoms with Crippen LogP contribution in [0.3, 0.4) is 0 Å². The lowest BCUT2D eigenvalue weighted by Gasteiger charge is -2.10. The van der Waals surface area contributed by atoms with E-state index in [4.69, 9.17) is 0 Å². The zero-order valence-corrected chi connectivity index (χ0v) is 13.9. The molecule has 0 aliphatic carbocycles. The van der Waals surface area contributed by atoms with E-state index >= 15 is 0 Å². The SMILES string of the molecule is CC(C)NC(=O)c1ccc(-c2nc3ccccc3n(C)c2=O)cc1. The van der Waals surface area contributed by atoms with Crippen LogP contribution < -0.4 is 10.9 Å². The summed E-state index contributed by atoms with van der Waals surface area (Å²) in [5, 5.41) is 2.84. The Morgan fingerprint density at radius 3 is 2.42 bits per heavy atom. The molecule has 24 heavy (non-hydrogen) atoms. The molecule has 0 unspecified atom stereocenters. The Hall–Kier alpha value is -2.95. The first-order valence-electron chi connectivity index (χ1n) is 7.84. The van der Waals surface area contributed by atoms with Crippen molar-refractivity contribution in [1.29, 1.82) is 0 Å². The Balaban J connectivity index is 2.04. The zero-order valence-electron chi connectivity index (χ0n) is 13.9.